The zero-order chi connectivity index (χ0) is 18.3. The third-order valence-electron chi connectivity index (χ3n) is 5.19. The molecule has 1 N–H and O–H groups in total. The molecule has 2 aromatic carbocycles. The van der Waals surface area contributed by atoms with Crippen LogP contribution in [0.15, 0.2) is 51.8 Å². The molecule has 0 amide bonds. The van der Waals surface area contributed by atoms with Gasteiger partial charge in [0.1, 0.15) is 11.3 Å². The van der Waals surface area contributed by atoms with Gasteiger partial charge in [0.25, 0.3) is 10.0 Å². The quantitative estimate of drug-likeness (QED) is 0.710. The minimum absolute atomic E-state index is 0.276. The first-order valence-electron chi connectivity index (χ1n) is 9.12. The van der Waals surface area contributed by atoms with Crippen molar-refractivity contribution in [3.05, 3.63) is 59.4 Å². The van der Waals surface area contributed by atoms with Crippen molar-refractivity contribution in [1.82, 2.24) is 0 Å². The predicted octanol–water partition coefficient (Wildman–Crippen LogP) is 4.92. The van der Waals surface area contributed by atoms with Crippen molar-refractivity contribution in [2.24, 2.45) is 5.92 Å². The number of furan rings is 1. The molecule has 1 heterocycles. The Balaban J connectivity index is 1.66. The predicted molar refractivity (Wildman–Crippen MR) is 104 cm³/mol. The summed E-state index contributed by atoms with van der Waals surface area (Å²) < 4.78 is 34.0. The summed E-state index contributed by atoms with van der Waals surface area (Å²) in [6, 6.07) is 12.5. The van der Waals surface area contributed by atoms with Gasteiger partial charge in [-0.15, -0.1) is 0 Å². The van der Waals surface area contributed by atoms with Crippen LogP contribution in [-0.2, 0) is 29.3 Å². The maximum Gasteiger partial charge on any atom is 0.261 e. The Morgan fingerprint density at radius 1 is 1.15 bits per heavy atom. The Bertz CT molecular complexity index is 1050. The van der Waals surface area contributed by atoms with E-state index in [0.29, 0.717) is 11.6 Å². The summed E-state index contributed by atoms with van der Waals surface area (Å²) in [5.74, 6) is 1.68. The molecule has 0 fully saturated rings. The van der Waals surface area contributed by atoms with Crippen LogP contribution in [0.25, 0.3) is 11.0 Å². The van der Waals surface area contributed by atoms with E-state index in [4.69, 9.17) is 4.42 Å². The summed E-state index contributed by atoms with van der Waals surface area (Å²) >= 11 is 0. The maximum absolute atomic E-state index is 12.7. The summed E-state index contributed by atoms with van der Waals surface area (Å²) in [7, 11) is -3.60. The molecule has 5 heteroatoms. The number of sulfonamides is 1. The molecule has 1 atom stereocenters. The fraction of sp³-hybridized carbons (Fsp3) is 0.333. The second-order valence-corrected chi connectivity index (χ2v) is 8.85. The lowest BCUT2D eigenvalue weighted by atomic mass is 9.88. The lowest BCUT2D eigenvalue weighted by molar-refractivity contribution is 0.426. The van der Waals surface area contributed by atoms with E-state index in [0.717, 1.165) is 48.0 Å². The average Bonchev–Trinajstić information content (AvgIpc) is 2.98. The van der Waals surface area contributed by atoms with E-state index in [2.05, 4.69) is 11.6 Å². The van der Waals surface area contributed by atoms with E-state index in [1.807, 2.05) is 31.2 Å². The number of anilines is 1. The SMILES string of the molecule is CCc1ccc(S(=O)(=O)Nc2ccc3oc4c(c3c2)CC[C@H](C)C4)cc1. The molecule has 1 aromatic heterocycles. The number of hydrogen-bond donors (Lipinski definition) is 1. The first-order chi connectivity index (χ1) is 12.5. The van der Waals surface area contributed by atoms with Crippen molar-refractivity contribution in [1.29, 1.82) is 0 Å². The number of nitrogens with one attached hydrogen (secondary N) is 1. The molecular formula is C21H23NO3S. The van der Waals surface area contributed by atoms with Crippen LogP contribution >= 0.6 is 0 Å². The highest BCUT2D eigenvalue weighted by Gasteiger charge is 2.22. The van der Waals surface area contributed by atoms with Gasteiger partial charge in [0, 0.05) is 23.1 Å². The number of rotatable bonds is 4. The molecule has 4 rings (SSSR count). The molecular weight excluding hydrogens is 346 g/mol. The fourth-order valence-electron chi connectivity index (χ4n) is 3.63. The number of fused-ring (bicyclic) bond motifs is 3. The van der Waals surface area contributed by atoms with Crippen molar-refractivity contribution < 1.29 is 12.8 Å². The van der Waals surface area contributed by atoms with E-state index in [1.165, 1.54) is 5.56 Å². The Kier molecular flexibility index (Phi) is 4.27. The van der Waals surface area contributed by atoms with Crippen LogP contribution in [-0.4, -0.2) is 8.42 Å². The summed E-state index contributed by atoms with van der Waals surface area (Å²) in [5.41, 5.74) is 3.75. The van der Waals surface area contributed by atoms with Crippen LogP contribution in [0.4, 0.5) is 5.69 Å². The molecule has 4 nitrogen and oxygen atoms in total. The molecule has 1 aliphatic rings. The largest absolute Gasteiger partial charge is 0.461 e. The van der Waals surface area contributed by atoms with E-state index in [9.17, 15) is 8.42 Å². The average molecular weight is 369 g/mol. The summed E-state index contributed by atoms with van der Waals surface area (Å²) in [5, 5.41) is 1.02. The summed E-state index contributed by atoms with van der Waals surface area (Å²) in [6.07, 6.45) is 3.96. The first-order valence-corrected chi connectivity index (χ1v) is 10.6. The van der Waals surface area contributed by atoms with Crippen LogP contribution in [0.1, 0.15) is 37.2 Å². The van der Waals surface area contributed by atoms with Gasteiger partial charge in [0.15, 0.2) is 0 Å². The van der Waals surface area contributed by atoms with Crippen LogP contribution in [0.3, 0.4) is 0 Å². The van der Waals surface area contributed by atoms with Crippen molar-refractivity contribution in [3.8, 4) is 0 Å². The molecule has 0 radical (unpaired) electrons. The fourth-order valence-corrected chi connectivity index (χ4v) is 4.68. The van der Waals surface area contributed by atoms with Gasteiger partial charge in [-0.25, -0.2) is 8.42 Å². The first kappa shape index (κ1) is 17.2. The van der Waals surface area contributed by atoms with Crippen LogP contribution in [0.2, 0.25) is 0 Å². The highest BCUT2D eigenvalue weighted by Crippen LogP contribution is 2.35. The Morgan fingerprint density at radius 2 is 1.92 bits per heavy atom. The Labute approximate surface area is 154 Å². The van der Waals surface area contributed by atoms with E-state index in [-0.39, 0.29) is 4.90 Å². The minimum atomic E-state index is -3.60. The molecule has 0 bridgehead atoms. The monoisotopic (exact) mass is 369 g/mol. The third-order valence-corrected chi connectivity index (χ3v) is 6.59. The van der Waals surface area contributed by atoms with Crippen LogP contribution in [0, 0.1) is 5.92 Å². The van der Waals surface area contributed by atoms with Crippen LogP contribution < -0.4 is 4.72 Å². The van der Waals surface area contributed by atoms with Gasteiger partial charge in [0.05, 0.1) is 4.90 Å². The van der Waals surface area contributed by atoms with E-state index < -0.39 is 10.0 Å². The van der Waals surface area contributed by atoms with Gasteiger partial charge < -0.3 is 4.42 Å². The maximum atomic E-state index is 12.7. The molecule has 136 valence electrons. The lowest BCUT2D eigenvalue weighted by Crippen LogP contribution is -2.13. The van der Waals surface area contributed by atoms with Crippen LogP contribution in [0.5, 0.6) is 0 Å². The van der Waals surface area contributed by atoms with Gasteiger partial charge >= 0.3 is 0 Å². The summed E-state index contributed by atoms with van der Waals surface area (Å²) in [4.78, 5) is 0.276. The summed E-state index contributed by atoms with van der Waals surface area (Å²) in [6.45, 7) is 4.28. The Morgan fingerprint density at radius 3 is 2.65 bits per heavy atom. The zero-order valence-corrected chi connectivity index (χ0v) is 15.9. The van der Waals surface area contributed by atoms with Gasteiger partial charge in [0.2, 0.25) is 0 Å². The molecule has 26 heavy (non-hydrogen) atoms. The second kappa shape index (κ2) is 6.47. The van der Waals surface area contributed by atoms with E-state index >= 15 is 0 Å². The van der Waals surface area contributed by atoms with E-state index in [1.54, 1.807) is 18.2 Å². The van der Waals surface area contributed by atoms with Gasteiger partial charge in [-0.3, -0.25) is 4.72 Å². The second-order valence-electron chi connectivity index (χ2n) is 7.17. The number of aryl methyl sites for hydroxylation is 2. The standard InChI is InChI=1S/C21H23NO3S/c1-3-15-5-8-17(9-6-15)26(23,24)22-16-7-11-20-19(13-16)18-10-4-14(2)12-21(18)25-20/h5-9,11,13-14,22H,3-4,10,12H2,1-2H3/t14-/m0/s1. The highest BCUT2D eigenvalue weighted by molar-refractivity contribution is 7.92. The number of benzene rings is 2. The smallest absolute Gasteiger partial charge is 0.261 e. The Hall–Kier alpha value is -2.27. The highest BCUT2D eigenvalue weighted by atomic mass is 32.2. The van der Waals surface area contributed by atoms with Crippen molar-refractivity contribution in [3.63, 3.8) is 0 Å². The van der Waals surface area contributed by atoms with Crippen molar-refractivity contribution >= 4 is 26.7 Å². The topological polar surface area (TPSA) is 59.3 Å². The van der Waals surface area contributed by atoms with Crippen molar-refractivity contribution in [2.45, 2.75) is 44.4 Å². The van der Waals surface area contributed by atoms with Gasteiger partial charge in [-0.2, -0.15) is 0 Å². The molecule has 0 aliphatic heterocycles. The third kappa shape index (κ3) is 3.12. The normalized spacial score (nSPS) is 17.2. The van der Waals surface area contributed by atoms with Gasteiger partial charge in [-0.05, 0) is 61.1 Å². The molecule has 0 unspecified atom stereocenters. The molecule has 0 spiro atoms. The number of hydrogen-bond acceptors (Lipinski definition) is 3. The zero-order valence-electron chi connectivity index (χ0n) is 15.1. The molecule has 3 aromatic rings. The molecule has 0 saturated heterocycles. The molecule has 0 saturated carbocycles. The minimum Gasteiger partial charge on any atom is -0.461 e. The van der Waals surface area contributed by atoms with Crippen molar-refractivity contribution in [2.75, 3.05) is 4.72 Å². The molecule has 1 aliphatic carbocycles. The van der Waals surface area contributed by atoms with Gasteiger partial charge in [-0.1, -0.05) is 26.0 Å². The lowest BCUT2D eigenvalue weighted by Gasteiger charge is -2.16.